The highest BCUT2D eigenvalue weighted by Gasteiger charge is 2.37. The fourth-order valence-corrected chi connectivity index (χ4v) is 3.59. The molecule has 2 nitrogen and oxygen atoms in total. The number of nitrogens with one attached hydrogen (secondary N) is 1. The molecule has 1 aromatic carbocycles. The van der Waals surface area contributed by atoms with E-state index in [4.69, 9.17) is 0 Å². The first-order chi connectivity index (χ1) is 8.65. The van der Waals surface area contributed by atoms with Crippen molar-refractivity contribution in [3.8, 4) is 0 Å². The number of benzene rings is 1. The highest BCUT2D eigenvalue weighted by molar-refractivity contribution is 9.10. The molecule has 18 heavy (non-hydrogen) atoms. The molecule has 2 heterocycles. The maximum Gasteiger partial charge on any atom is 0.137 e. The van der Waals surface area contributed by atoms with E-state index in [1.54, 1.807) is 6.07 Å². The van der Waals surface area contributed by atoms with Crippen LogP contribution in [0.4, 0.5) is 4.39 Å². The highest BCUT2D eigenvalue weighted by Crippen LogP contribution is 2.33. The van der Waals surface area contributed by atoms with Gasteiger partial charge >= 0.3 is 0 Å². The van der Waals surface area contributed by atoms with Gasteiger partial charge in [0.15, 0.2) is 0 Å². The summed E-state index contributed by atoms with van der Waals surface area (Å²) >= 11 is 3.27. The average Bonchev–Trinajstić information content (AvgIpc) is 2.92. The van der Waals surface area contributed by atoms with Crippen molar-refractivity contribution in [2.75, 3.05) is 26.2 Å². The van der Waals surface area contributed by atoms with Gasteiger partial charge in [-0.2, -0.15) is 0 Å². The van der Waals surface area contributed by atoms with Gasteiger partial charge in [0.05, 0.1) is 4.47 Å². The summed E-state index contributed by atoms with van der Waals surface area (Å²) in [6, 6.07) is 5.73. The summed E-state index contributed by atoms with van der Waals surface area (Å²) in [6.07, 6.45) is 0. The van der Waals surface area contributed by atoms with Gasteiger partial charge in [-0.15, -0.1) is 0 Å². The van der Waals surface area contributed by atoms with Gasteiger partial charge < -0.3 is 5.32 Å². The Balaban J connectivity index is 1.74. The van der Waals surface area contributed by atoms with Crippen molar-refractivity contribution >= 4 is 15.9 Å². The first-order valence-electron chi connectivity index (χ1n) is 6.55. The van der Waals surface area contributed by atoms with Gasteiger partial charge in [-0.3, -0.25) is 4.90 Å². The number of halogens is 2. The summed E-state index contributed by atoms with van der Waals surface area (Å²) in [4.78, 5) is 2.52. The van der Waals surface area contributed by atoms with Crippen molar-refractivity contribution in [3.05, 3.63) is 34.1 Å². The van der Waals surface area contributed by atoms with Crippen molar-refractivity contribution in [1.82, 2.24) is 10.2 Å². The summed E-state index contributed by atoms with van der Waals surface area (Å²) in [5.74, 6) is 1.42. The van der Waals surface area contributed by atoms with Crippen LogP contribution in [0.2, 0.25) is 0 Å². The number of hydrogen-bond acceptors (Lipinski definition) is 2. The van der Waals surface area contributed by atoms with Crippen molar-refractivity contribution in [3.63, 3.8) is 0 Å². The minimum atomic E-state index is -0.187. The number of likely N-dealkylation sites (tertiary alicyclic amines) is 1. The molecule has 2 fully saturated rings. The molecule has 4 heteroatoms. The Morgan fingerprint density at radius 2 is 2.00 bits per heavy atom. The van der Waals surface area contributed by atoms with Crippen LogP contribution >= 0.6 is 15.9 Å². The average molecular weight is 313 g/mol. The van der Waals surface area contributed by atoms with Gasteiger partial charge in [-0.05, 0) is 65.5 Å². The van der Waals surface area contributed by atoms with Crippen molar-refractivity contribution in [2.45, 2.75) is 13.0 Å². The lowest BCUT2D eigenvalue weighted by Gasteiger charge is -2.25. The van der Waals surface area contributed by atoms with Crippen LogP contribution in [-0.2, 0) is 0 Å². The summed E-state index contributed by atoms with van der Waals surface area (Å²) in [5.41, 5.74) is 1.19. The Morgan fingerprint density at radius 1 is 1.33 bits per heavy atom. The number of hydrogen-bond donors (Lipinski definition) is 1. The second kappa shape index (κ2) is 4.91. The second-order valence-electron chi connectivity index (χ2n) is 5.48. The van der Waals surface area contributed by atoms with E-state index in [1.165, 1.54) is 5.56 Å². The predicted molar refractivity (Wildman–Crippen MR) is 73.9 cm³/mol. The number of rotatable bonds is 2. The predicted octanol–water partition coefficient (Wildman–Crippen LogP) is 2.80. The summed E-state index contributed by atoms with van der Waals surface area (Å²) in [6.45, 7) is 6.85. The van der Waals surface area contributed by atoms with Crippen LogP contribution in [0.15, 0.2) is 22.7 Å². The van der Waals surface area contributed by atoms with E-state index >= 15 is 0 Å². The van der Waals surface area contributed by atoms with E-state index in [-0.39, 0.29) is 5.82 Å². The third kappa shape index (κ3) is 2.22. The number of fused-ring (bicyclic) bond motifs is 1. The standard InChI is InChI=1S/C14H18BrFN2/c1-9(10-2-3-14(16)13(15)4-10)18-7-11-5-17-6-12(11)8-18/h2-4,9,11-12,17H,5-8H2,1H3. The minimum absolute atomic E-state index is 0.187. The molecule has 2 aliphatic heterocycles. The molecule has 2 saturated heterocycles. The molecule has 0 aromatic heterocycles. The third-order valence-corrected chi connectivity index (χ3v) is 5.00. The first-order valence-corrected chi connectivity index (χ1v) is 7.34. The van der Waals surface area contributed by atoms with Gasteiger partial charge in [-0.1, -0.05) is 6.07 Å². The molecule has 3 atom stereocenters. The van der Waals surface area contributed by atoms with E-state index in [0.29, 0.717) is 10.5 Å². The Bertz CT molecular complexity index is 439. The third-order valence-electron chi connectivity index (χ3n) is 4.39. The molecule has 0 bridgehead atoms. The number of nitrogens with zero attached hydrogens (tertiary/aromatic N) is 1. The molecular formula is C14H18BrFN2. The molecule has 0 radical (unpaired) electrons. The van der Waals surface area contributed by atoms with Crippen LogP contribution in [0, 0.1) is 17.7 Å². The smallest absolute Gasteiger partial charge is 0.137 e. The minimum Gasteiger partial charge on any atom is -0.316 e. The van der Waals surface area contributed by atoms with Crippen LogP contribution in [0.5, 0.6) is 0 Å². The molecule has 1 aromatic rings. The zero-order chi connectivity index (χ0) is 12.7. The summed E-state index contributed by atoms with van der Waals surface area (Å²) in [7, 11) is 0. The quantitative estimate of drug-likeness (QED) is 0.903. The molecular weight excluding hydrogens is 295 g/mol. The lowest BCUT2D eigenvalue weighted by Crippen LogP contribution is -2.28. The Hall–Kier alpha value is -0.450. The van der Waals surface area contributed by atoms with E-state index in [1.807, 2.05) is 12.1 Å². The van der Waals surface area contributed by atoms with Gasteiger partial charge in [0, 0.05) is 19.1 Å². The molecule has 0 spiro atoms. The SMILES string of the molecule is CC(c1ccc(F)c(Br)c1)N1CC2CNCC2C1. The van der Waals surface area contributed by atoms with Crippen LogP contribution in [0.1, 0.15) is 18.5 Å². The largest absolute Gasteiger partial charge is 0.316 e. The van der Waals surface area contributed by atoms with E-state index in [2.05, 4.69) is 33.1 Å². The van der Waals surface area contributed by atoms with Crippen molar-refractivity contribution in [2.24, 2.45) is 11.8 Å². The maximum atomic E-state index is 13.3. The molecule has 0 saturated carbocycles. The summed E-state index contributed by atoms with van der Waals surface area (Å²) in [5, 5.41) is 3.46. The first kappa shape index (κ1) is 12.6. The maximum absolute atomic E-state index is 13.3. The van der Waals surface area contributed by atoms with Crippen LogP contribution in [0.25, 0.3) is 0 Å². The van der Waals surface area contributed by atoms with Gasteiger partial charge in [0.2, 0.25) is 0 Å². The van der Waals surface area contributed by atoms with Gasteiger partial charge in [0.1, 0.15) is 5.82 Å². The monoisotopic (exact) mass is 312 g/mol. The fourth-order valence-electron chi connectivity index (χ4n) is 3.19. The lowest BCUT2D eigenvalue weighted by atomic mass is 10.0. The van der Waals surface area contributed by atoms with Crippen molar-refractivity contribution in [1.29, 1.82) is 0 Å². The second-order valence-corrected chi connectivity index (χ2v) is 6.34. The highest BCUT2D eigenvalue weighted by atomic mass is 79.9. The molecule has 0 amide bonds. The Morgan fingerprint density at radius 3 is 2.61 bits per heavy atom. The van der Waals surface area contributed by atoms with Crippen LogP contribution < -0.4 is 5.32 Å². The fraction of sp³-hybridized carbons (Fsp3) is 0.571. The Kier molecular flexibility index (Phi) is 3.43. The topological polar surface area (TPSA) is 15.3 Å². The van der Waals surface area contributed by atoms with Crippen LogP contribution in [-0.4, -0.2) is 31.1 Å². The summed E-state index contributed by atoms with van der Waals surface area (Å²) < 4.78 is 13.8. The van der Waals surface area contributed by atoms with Crippen molar-refractivity contribution < 1.29 is 4.39 Å². The van der Waals surface area contributed by atoms with E-state index < -0.39 is 0 Å². The lowest BCUT2D eigenvalue weighted by molar-refractivity contribution is 0.244. The molecule has 0 aliphatic carbocycles. The normalized spacial score (nSPS) is 29.5. The zero-order valence-electron chi connectivity index (χ0n) is 10.5. The van der Waals surface area contributed by atoms with Gasteiger partial charge in [-0.25, -0.2) is 4.39 Å². The zero-order valence-corrected chi connectivity index (χ0v) is 12.1. The molecule has 1 N–H and O–H groups in total. The van der Waals surface area contributed by atoms with Gasteiger partial charge in [0.25, 0.3) is 0 Å². The molecule has 3 unspecified atom stereocenters. The Labute approximate surface area is 116 Å². The van der Waals surface area contributed by atoms with E-state index in [0.717, 1.165) is 38.0 Å². The van der Waals surface area contributed by atoms with Crippen LogP contribution in [0.3, 0.4) is 0 Å². The molecule has 3 rings (SSSR count). The molecule has 2 aliphatic rings. The molecule has 98 valence electrons. The van der Waals surface area contributed by atoms with E-state index in [9.17, 15) is 4.39 Å².